The molecule has 4 heteroatoms. The number of nitrogens with one attached hydrogen (secondary N) is 1. The van der Waals surface area contributed by atoms with Crippen molar-refractivity contribution in [3.8, 4) is 0 Å². The Bertz CT molecular complexity index is 538. The molecule has 1 N–H and O–H groups in total. The van der Waals surface area contributed by atoms with Crippen molar-refractivity contribution in [3.05, 3.63) is 35.9 Å². The van der Waals surface area contributed by atoms with Crippen molar-refractivity contribution in [3.63, 3.8) is 0 Å². The van der Waals surface area contributed by atoms with Gasteiger partial charge in [-0.2, -0.15) is 0 Å². The zero-order chi connectivity index (χ0) is 18.1. The molecule has 0 aliphatic heterocycles. The van der Waals surface area contributed by atoms with Crippen LogP contribution in [0.2, 0.25) is 0 Å². The minimum atomic E-state index is -0.412. The molecule has 2 amide bonds. The maximum absolute atomic E-state index is 12.7. The van der Waals surface area contributed by atoms with Gasteiger partial charge in [0, 0.05) is 19.0 Å². The Labute approximate surface area is 152 Å². The van der Waals surface area contributed by atoms with E-state index in [-0.39, 0.29) is 17.9 Å². The van der Waals surface area contributed by atoms with E-state index in [1.165, 1.54) is 24.8 Å². The fourth-order valence-electron chi connectivity index (χ4n) is 3.50. The number of carbonyl (C=O) groups excluding carboxylic acids is 2. The molecule has 25 heavy (non-hydrogen) atoms. The third kappa shape index (κ3) is 6.18. The number of hydrogen-bond donors (Lipinski definition) is 1. The van der Waals surface area contributed by atoms with Crippen LogP contribution in [0.4, 0.5) is 0 Å². The van der Waals surface area contributed by atoms with Gasteiger partial charge < -0.3 is 10.2 Å². The first-order valence-corrected chi connectivity index (χ1v) is 9.75. The average Bonchev–Trinajstić information content (AvgIpc) is 2.63. The molecule has 0 bridgehead atoms. The lowest BCUT2D eigenvalue weighted by atomic mass is 9.95. The first-order chi connectivity index (χ1) is 12.1. The lowest BCUT2D eigenvalue weighted by Gasteiger charge is -2.31. The monoisotopic (exact) mass is 344 g/mol. The van der Waals surface area contributed by atoms with Crippen molar-refractivity contribution in [2.75, 3.05) is 6.54 Å². The molecule has 1 fully saturated rings. The SMILES string of the molecule is CCCC(=O)N(CCc1ccccc1)C(C)C(=O)NC1CCCCC1. The van der Waals surface area contributed by atoms with Crippen molar-refractivity contribution in [1.29, 1.82) is 0 Å². The number of rotatable bonds is 8. The molecule has 4 nitrogen and oxygen atoms in total. The van der Waals surface area contributed by atoms with Crippen LogP contribution in [0.5, 0.6) is 0 Å². The van der Waals surface area contributed by atoms with Crippen LogP contribution >= 0.6 is 0 Å². The molecule has 0 radical (unpaired) electrons. The van der Waals surface area contributed by atoms with E-state index >= 15 is 0 Å². The quantitative estimate of drug-likeness (QED) is 0.782. The topological polar surface area (TPSA) is 49.4 Å². The molecule has 1 aromatic rings. The minimum absolute atomic E-state index is 0.00980. The van der Waals surface area contributed by atoms with Gasteiger partial charge in [0.15, 0.2) is 0 Å². The molecule has 0 spiro atoms. The van der Waals surface area contributed by atoms with Gasteiger partial charge in [-0.05, 0) is 38.2 Å². The van der Waals surface area contributed by atoms with Crippen LogP contribution in [0.25, 0.3) is 0 Å². The van der Waals surface area contributed by atoms with Gasteiger partial charge in [-0.1, -0.05) is 56.5 Å². The summed E-state index contributed by atoms with van der Waals surface area (Å²) in [6.45, 7) is 4.44. The summed E-state index contributed by atoms with van der Waals surface area (Å²) in [5, 5.41) is 3.16. The van der Waals surface area contributed by atoms with E-state index in [1.54, 1.807) is 4.90 Å². The zero-order valence-corrected chi connectivity index (χ0v) is 15.7. The van der Waals surface area contributed by atoms with E-state index < -0.39 is 6.04 Å². The second-order valence-electron chi connectivity index (χ2n) is 7.09. The highest BCUT2D eigenvalue weighted by Crippen LogP contribution is 2.18. The first-order valence-electron chi connectivity index (χ1n) is 9.75. The Morgan fingerprint density at radius 2 is 1.84 bits per heavy atom. The van der Waals surface area contributed by atoms with E-state index in [0.717, 1.165) is 25.7 Å². The lowest BCUT2D eigenvalue weighted by molar-refractivity contribution is -0.140. The normalized spacial score (nSPS) is 16.2. The van der Waals surface area contributed by atoms with Crippen molar-refractivity contribution in [2.24, 2.45) is 0 Å². The summed E-state index contributed by atoms with van der Waals surface area (Å²) in [6, 6.07) is 10.00. The largest absolute Gasteiger partial charge is 0.352 e. The molecule has 0 aromatic heterocycles. The van der Waals surface area contributed by atoms with Gasteiger partial charge in [-0.15, -0.1) is 0 Å². The van der Waals surface area contributed by atoms with E-state index in [0.29, 0.717) is 13.0 Å². The maximum atomic E-state index is 12.7. The van der Waals surface area contributed by atoms with Crippen LogP contribution < -0.4 is 5.32 Å². The van der Waals surface area contributed by atoms with Gasteiger partial charge in [-0.3, -0.25) is 9.59 Å². The lowest BCUT2D eigenvalue weighted by Crippen LogP contribution is -2.51. The third-order valence-electron chi connectivity index (χ3n) is 5.07. The van der Waals surface area contributed by atoms with Crippen LogP contribution in [-0.4, -0.2) is 35.3 Å². The predicted octanol–water partition coefficient (Wildman–Crippen LogP) is 3.70. The number of nitrogens with zero attached hydrogens (tertiary/aromatic N) is 1. The fourth-order valence-corrected chi connectivity index (χ4v) is 3.50. The molecule has 1 aliphatic carbocycles. The minimum Gasteiger partial charge on any atom is -0.352 e. The highest BCUT2D eigenvalue weighted by atomic mass is 16.2. The van der Waals surface area contributed by atoms with Crippen LogP contribution in [0.15, 0.2) is 30.3 Å². The van der Waals surface area contributed by atoms with E-state index in [4.69, 9.17) is 0 Å². The van der Waals surface area contributed by atoms with Gasteiger partial charge >= 0.3 is 0 Å². The molecule has 1 saturated carbocycles. The van der Waals surface area contributed by atoms with Crippen LogP contribution in [0.3, 0.4) is 0 Å². The van der Waals surface area contributed by atoms with Gasteiger partial charge in [-0.25, -0.2) is 0 Å². The molecule has 2 rings (SSSR count). The Kier molecular flexibility index (Phi) is 7.96. The molecule has 1 unspecified atom stereocenters. The predicted molar refractivity (Wildman–Crippen MR) is 101 cm³/mol. The van der Waals surface area contributed by atoms with Gasteiger partial charge in [0.2, 0.25) is 11.8 Å². The smallest absolute Gasteiger partial charge is 0.242 e. The van der Waals surface area contributed by atoms with Gasteiger partial charge in [0.1, 0.15) is 6.04 Å². The molecular weight excluding hydrogens is 312 g/mol. The Balaban J connectivity index is 1.97. The van der Waals surface area contributed by atoms with Gasteiger partial charge in [0.25, 0.3) is 0 Å². The van der Waals surface area contributed by atoms with Crippen molar-refractivity contribution < 1.29 is 9.59 Å². The van der Waals surface area contributed by atoms with E-state index in [2.05, 4.69) is 17.4 Å². The second kappa shape index (κ2) is 10.2. The summed E-state index contributed by atoms with van der Waals surface area (Å²) in [4.78, 5) is 27.0. The van der Waals surface area contributed by atoms with E-state index in [1.807, 2.05) is 32.0 Å². The summed E-state index contributed by atoms with van der Waals surface area (Å²) in [5.41, 5.74) is 1.19. The van der Waals surface area contributed by atoms with Crippen LogP contribution in [0, 0.1) is 0 Å². The van der Waals surface area contributed by atoms with Crippen LogP contribution in [-0.2, 0) is 16.0 Å². The maximum Gasteiger partial charge on any atom is 0.242 e. The third-order valence-corrected chi connectivity index (χ3v) is 5.07. The van der Waals surface area contributed by atoms with Gasteiger partial charge in [0.05, 0.1) is 0 Å². The average molecular weight is 344 g/mol. The first kappa shape index (κ1) is 19.5. The molecule has 1 aliphatic rings. The number of hydrogen-bond acceptors (Lipinski definition) is 2. The summed E-state index contributed by atoms with van der Waals surface area (Å²) in [6.07, 6.45) is 7.83. The van der Waals surface area contributed by atoms with Crippen molar-refractivity contribution in [2.45, 2.75) is 77.3 Å². The fraction of sp³-hybridized carbons (Fsp3) is 0.619. The van der Waals surface area contributed by atoms with Crippen LogP contribution in [0.1, 0.15) is 64.4 Å². The molecule has 0 heterocycles. The molecule has 0 saturated heterocycles. The number of amides is 2. The Morgan fingerprint density at radius 1 is 1.16 bits per heavy atom. The molecular formula is C21H32N2O2. The zero-order valence-electron chi connectivity index (χ0n) is 15.7. The summed E-state index contributed by atoms with van der Waals surface area (Å²) < 4.78 is 0. The standard InChI is InChI=1S/C21H32N2O2/c1-3-10-20(24)23(16-15-18-11-6-4-7-12-18)17(2)21(25)22-19-13-8-5-9-14-19/h4,6-7,11-12,17,19H,3,5,8-10,13-16H2,1-2H3,(H,22,25). The summed E-state index contributed by atoms with van der Waals surface area (Å²) >= 11 is 0. The van der Waals surface area contributed by atoms with Crippen molar-refractivity contribution in [1.82, 2.24) is 10.2 Å². The Morgan fingerprint density at radius 3 is 2.48 bits per heavy atom. The number of benzene rings is 1. The highest BCUT2D eigenvalue weighted by Gasteiger charge is 2.27. The van der Waals surface area contributed by atoms with E-state index in [9.17, 15) is 9.59 Å². The molecule has 1 atom stereocenters. The summed E-state index contributed by atoms with van der Waals surface area (Å²) in [5.74, 6) is 0.0640. The number of carbonyl (C=O) groups is 2. The van der Waals surface area contributed by atoms with Crippen molar-refractivity contribution >= 4 is 11.8 Å². The molecule has 1 aromatic carbocycles. The molecule has 138 valence electrons. The Hall–Kier alpha value is -1.84. The highest BCUT2D eigenvalue weighted by molar-refractivity contribution is 5.87. The summed E-state index contributed by atoms with van der Waals surface area (Å²) in [7, 11) is 0. The second-order valence-corrected chi connectivity index (χ2v) is 7.09.